The molecule has 2 aromatic rings. The van der Waals surface area contributed by atoms with Gasteiger partial charge in [0.2, 0.25) is 0 Å². The van der Waals surface area contributed by atoms with Crippen molar-refractivity contribution < 1.29 is 0 Å². The third-order valence-electron chi connectivity index (χ3n) is 3.33. The van der Waals surface area contributed by atoms with E-state index in [1.807, 2.05) is 12.5 Å². The van der Waals surface area contributed by atoms with Gasteiger partial charge in [0.05, 0.1) is 11.1 Å². The first-order chi connectivity index (χ1) is 8.88. The molecule has 2 heterocycles. The number of aromatic nitrogens is 1. The van der Waals surface area contributed by atoms with Crippen LogP contribution in [0.2, 0.25) is 0 Å². The monoisotopic (exact) mass is 255 g/mol. The van der Waals surface area contributed by atoms with Gasteiger partial charge in [0.1, 0.15) is 0 Å². The molecule has 1 aromatic carbocycles. The van der Waals surface area contributed by atoms with Crippen LogP contribution in [0.25, 0.3) is 0 Å². The Kier molecular flexibility index (Phi) is 3.35. The molecule has 1 atom stereocenters. The lowest BCUT2D eigenvalue weighted by atomic mass is 9.91. The van der Waals surface area contributed by atoms with Gasteiger partial charge >= 0.3 is 0 Å². The van der Waals surface area contributed by atoms with E-state index in [-0.39, 0.29) is 6.04 Å². The van der Waals surface area contributed by atoms with Crippen LogP contribution < -0.4 is 5.32 Å². The summed E-state index contributed by atoms with van der Waals surface area (Å²) in [5.41, 5.74) is 3.95. The van der Waals surface area contributed by atoms with Gasteiger partial charge in [-0.05, 0) is 35.4 Å². The normalized spacial score (nSPS) is 18.4. The maximum absolute atomic E-state index is 4.75. The molecule has 3 rings (SSSR count). The summed E-state index contributed by atoms with van der Waals surface area (Å²) in [6.45, 7) is 0.909. The summed E-state index contributed by atoms with van der Waals surface area (Å²) in [5, 5.41) is 5.81. The summed E-state index contributed by atoms with van der Waals surface area (Å²) in [6, 6.07) is 13.0. The minimum absolute atomic E-state index is 0.165. The van der Waals surface area contributed by atoms with Crippen LogP contribution in [0, 0.1) is 0 Å². The van der Waals surface area contributed by atoms with Gasteiger partial charge in [0, 0.05) is 12.7 Å². The minimum Gasteiger partial charge on any atom is -0.250 e. The van der Waals surface area contributed by atoms with Crippen LogP contribution in [-0.2, 0) is 6.42 Å². The van der Waals surface area contributed by atoms with E-state index in [1.54, 1.807) is 11.8 Å². The van der Waals surface area contributed by atoms with Gasteiger partial charge in [-0.1, -0.05) is 30.3 Å². The molecule has 0 saturated heterocycles. The molecular formula is C15H15N2S. The molecule has 1 unspecified atom stereocenters. The number of rotatable bonds is 2. The zero-order valence-corrected chi connectivity index (χ0v) is 11.2. The minimum atomic E-state index is 0.165. The summed E-state index contributed by atoms with van der Waals surface area (Å²) in [6.07, 6.45) is 5.06. The van der Waals surface area contributed by atoms with Gasteiger partial charge < -0.3 is 0 Å². The Morgan fingerprint density at radius 2 is 2.06 bits per heavy atom. The van der Waals surface area contributed by atoms with E-state index in [0.29, 0.717) is 0 Å². The Morgan fingerprint density at radius 1 is 1.17 bits per heavy atom. The fourth-order valence-corrected chi connectivity index (χ4v) is 2.76. The summed E-state index contributed by atoms with van der Waals surface area (Å²) in [5.74, 6) is 0. The van der Waals surface area contributed by atoms with E-state index in [9.17, 15) is 0 Å². The number of pyridine rings is 1. The highest BCUT2D eigenvalue weighted by Gasteiger charge is 2.21. The molecule has 1 radical (unpaired) electrons. The fourth-order valence-electron chi connectivity index (χ4n) is 2.40. The quantitative estimate of drug-likeness (QED) is 0.771. The molecule has 0 aliphatic carbocycles. The van der Waals surface area contributed by atoms with Gasteiger partial charge in [-0.2, -0.15) is 0 Å². The number of hydrogen-bond donors (Lipinski definition) is 0. The Labute approximate surface area is 112 Å². The zero-order chi connectivity index (χ0) is 12.4. The molecule has 1 aromatic heterocycles. The number of fused-ring (bicyclic) bond motifs is 1. The van der Waals surface area contributed by atoms with Crippen molar-refractivity contribution in [3.63, 3.8) is 0 Å². The molecule has 91 valence electrons. The first kappa shape index (κ1) is 11.8. The highest BCUT2D eigenvalue weighted by atomic mass is 32.2. The fraction of sp³-hybridized carbons (Fsp3) is 0.267. The van der Waals surface area contributed by atoms with Gasteiger partial charge in [0.25, 0.3) is 0 Å². The van der Waals surface area contributed by atoms with Crippen LogP contribution in [0.1, 0.15) is 22.7 Å². The van der Waals surface area contributed by atoms with Crippen LogP contribution in [0.3, 0.4) is 0 Å². The van der Waals surface area contributed by atoms with E-state index in [4.69, 9.17) is 5.32 Å². The molecule has 18 heavy (non-hydrogen) atoms. The molecule has 2 nitrogen and oxygen atoms in total. The first-order valence-corrected chi connectivity index (χ1v) is 7.35. The second-order valence-electron chi connectivity index (χ2n) is 4.39. The van der Waals surface area contributed by atoms with Crippen molar-refractivity contribution >= 4 is 11.8 Å². The third-order valence-corrected chi connectivity index (χ3v) is 3.99. The van der Waals surface area contributed by atoms with E-state index in [2.05, 4.69) is 41.4 Å². The Hall–Kier alpha value is -1.32. The van der Waals surface area contributed by atoms with Gasteiger partial charge in [-0.15, -0.1) is 11.8 Å². The van der Waals surface area contributed by atoms with Crippen LogP contribution >= 0.6 is 11.8 Å². The molecule has 0 N–H and O–H groups in total. The molecule has 0 amide bonds. The number of nitrogens with zero attached hydrogens (tertiary/aromatic N) is 2. The highest BCUT2D eigenvalue weighted by Crippen LogP contribution is 2.29. The van der Waals surface area contributed by atoms with Crippen molar-refractivity contribution in [2.24, 2.45) is 0 Å². The number of thioether (sulfide) groups is 1. The van der Waals surface area contributed by atoms with Crippen LogP contribution in [0.5, 0.6) is 0 Å². The van der Waals surface area contributed by atoms with Crippen LogP contribution in [-0.4, -0.2) is 17.8 Å². The maximum atomic E-state index is 4.75. The second kappa shape index (κ2) is 5.12. The molecule has 0 spiro atoms. The predicted octanol–water partition coefficient (Wildman–Crippen LogP) is 3.05. The SMILES string of the molecule is CSc1ccc(C2[N]CCc3ccccc32)cn1. The molecule has 0 saturated carbocycles. The van der Waals surface area contributed by atoms with E-state index in [0.717, 1.165) is 18.0 Å². The maximum Gasteiger partial charge on any atom is 0.0957 e. The van der Waals surface area contributed by atoms with Crippen molar-refractivity contribution in [3.8, 4) is 0 Å². The molecule has 0 bridgehead atoms. The van der Waals surface area contributed by atoms with Gasteiger partial charge in [-0.3, -0.25) is 0 Å². The average Bonchev–Trinajstić information content (AvgIpc) is 2.47. The summed E-state index contributed by atoms with van der Waals surface area (Å²) in [4.78, 5) is 4.45. The largest absolute Gasteiger partial charge is 0.250 e. The smallest absolute Gasteiger partial charge is 0.0957 e. The van der Waals surface area contributed by atoms with Crippen molar-refractivity contribution in [2.45, 2.75) is 17.5 Å². The molecule has 3 heteroatoms. The standard InChI is InChI=1S/C15H15N2S/c1-18-14-7-6-12(10-17-14)15-13-5-3-2-4-11(13)8-9-16-15/h2-7,10,15H,8-9H2,1H3. The Balaban J connectivity index is 1.97. The summed E-state index contributed by atoms with van der Waals surface area (Å²) in [7, 11) is 0. The predicted molar refractivity (Wildman–Crippen MR) is 75.0 cm³/mol. The highest BCUT2D eigenvalue weighted by molar-refractivity contribution is 7.98. The third kappa shape index (κ3) is 2.16. The lowest BCUT2D eigenvalue weighted by Gasteiger charge is -2.25. The zero-order valence-electron chi connectivity index (χ0n) is 10.3. The topological polar surface area (TPSA) is 27.0 Å². The van der Waals surface area contributed by atoms with Crippen molar-refractivity contribution in [1.82, 2.24) is 10.3 Å². The summed E-state index contributed by atoms with van der Waals surface area (Å²) >= 11 is 1.67. The molecule has 1 aliphatic heterocycles. The van der Waals surface area contributed by atoms with Crippen LogP contribution in [0.4, 0.5) is 0 Å². The average molecular weight is 255 g/mol. The second-order valence-corrected chi connectivity index (χ2v) is 5.22. The van der Waals surface area contributed by atoms with E-state index < -0.39 is 0 Å². The lowest BCUT2D eigenvalue weighted by molar-refractivity contribution is 0.553. The van der Waals surface area contributed by atoms with E-state index >= 15 is 0 Å². The first-order valence-electron chi connectivity index (χ1n) is 6.13. The van der Waals surface area contributed by atoms with Gasteiger partial charge in [-0.25, -0.2) is 10.3 Å². The van der Waals surface area contributed by atoms with Crippen molar-refractivity contribution in [2.75, 3.05) is 12.8 Å². The van der Waals surface area contributed by atoms with Crippen molar-refractivity contribution in [3.05, 3.63) is 59.3 Å². The Bertz CT molecular complexity index is 536. The van der Waals surface area contributed by atoms with Crippen molar-refractivity contribution in [1.29, 1.82) is 0 Å². The lowest BCUT2D eigenvalue weighted by Crippen LogP contribution is -2.24. The van der Waals surface area contributed by atoms with E-state index in [1.165, 1.54) is 16.7 Å². The van der Waals surface area contributed by atoms with Gasteiger partial charge in [0.15, 0.2) is 0 Å². The molecular weight excluding hydrogens is 240 g/mol. The molecule has 0 fully saturated rings. The summed E-state index contributed by atoms with van der Waals surface area (Å²) < 4.78 is 0. The Morgan fingerprint density at radius 3 is 2.83 bits per heavy atom. The van der Waals surface area contributed by atoms with Crippen LogP contribution in [0.15, 0.2) is 47.6 Å². The number of hydrogen-bond acceptors (Lipinski definition) is 2. The number of benzene rings is 1. The molecule has 1 aliphatic rings.